The van der Waals surface area contributed by atoms with Crippen molar-refractivity contribution in [1.82, 2.24) is 0 Å². The fraction of sp³-hybridized carbons (Fsp3) is 0.667. The third-order valence-corrected chi connectivity index (χ3v) is 2.67. The maximum atomic E-state index is 10.2. The van der Waals surface area contributed by atoms with Crippen molar-refractivity contribution in [3.8, 4) is 0 Å². The monoisotopic (exact) mass is 244 g/mol. The van der Waals surface area contributed by atoms with Gasteiger partial charge >= 0.3 is 6.16 Å². The van der Waals surface area contributed by atoms with E-state index in [2.05, 4.69) is 41.3 Å². The Kier molecular flexibility index (Phi) is 1.77. The summed E-state index contributed by atoms with van der Waals surface area (Å²) in [6.07, 6.45) is -0.645. The van der Waals surface area contributed by atoms with Gasteiger partial charge in [0.25, 0.3) is 0 Å². The number of rotatable bonds is 0. The fourth-order valence-electron chi connectivity index (χ4n) is 0.319. The molecule has 1 aliphatic heterocycles. The van der Waals surface area contributed by atoms with E-state index in [9.17, 15) is 4.79 Å². The largest absolute Gasteiger partial charge is 0.510 e. The van der Waals surface area contributed by atoms with E-state index < -0.39 is 6.16 Å². The Morgan fingerprint density at radius 1 is 1.25 bits per heavy atom. The van der Waals surface area contributed by atoms with Crippen molar-refractivity contribution in [1.29, 1.82) is 0 Å². The van der Waals surface area contributed by atoms with E-state index in [0.29, 0.717) is 0 Å². The Hall–Kier alpha value is 0.230. The molecule has 0 N–H and O–H groups in total. The standard InChI is InChI=1S/C3H2Br2O3/c4-1-2(5)8-3(6)7-1/h1-2H/t1-,2+. The van der Waals surface area contributed by atoms with Crippen LogP contribution in [0.15, 0.2) is 0 Å². The van der Waals surface area contributed by atoms with Gasteiger partial charge in [0.2, 0.25) is 10.0 Å². The summed E-state index contributed by atoms with van der Waals surface area (Å²) in [4.78, 5) is 10.2. The van der Waals surface area contributed by atoms with Crippen molar-refractivity contribution >= 4 is 38.0 Å². The summed E-state index contributed by atoms with van der Waals surface area (Å²) in [5.74, 6) is 0. The van der Waals surface area contributed by atoms with Crippen LogP contribution in [0.3, 0.4) is 0 Å². The molecule has 8 heavy (non-hydrogen) atoms. The summed E-state index contributed by atoms with van der Waals surface area (Å²) in [6.45, 7) is 0. The predicted octanol–water partition coefficient (Wildman–Crippen LogP) is 1.60. The van der Waals surface area contributed by atoms with E-state index in [0.717, 1.165) is 0 Å². The smallest absolute Gasteiger partial charge is 0.414 e. The van der Waals surface area contributed by atoms with E-state index in [1.54, 1.807) is 0 Å². The predicted molar refractivity (Wildman–Crippen MR) is 33.0 cm³/mol. The summed E-state index contributed by atoms with van der Waals surface area (Å²) < 4.78 is 8.96. The number of hydrogen-bond acceptors (Lipinski definition) is 3. The van der Waals surface area contributed by atoms with Crippen LogP contribution in [0.2, 0.25) is 0 Å². The average Bonchev–Trinajstić information content (AvgIpc) is 1.85. The minimum atomic E-state index is -0.645. The number of hydrogen-bond donors (Lipinski definition) is 0. The molecule has 3 nitrogen and oxygen atoms in total. The van der Waals surface area contributed by atoms with Gasteiger partial charge in [-0.2, -0.15) is 0 Å². The number of halogens is 2. The van der Waals surface area contributed by atoms with Crippen molar-refractivity contribution in [3.63, 3.8) is 0 Å². The van der Waals surface area contributed by atoms with Gasteiger partial charge < -0.3 is 9.47 Å². The lowest BCUT2D eigenvalue weighted by Gasteiger charge is -1.96. The Labute approximate surface area is 62.6 Å². The Morgan fingerprint density at radius 3 is 1.75 bits per heavy atom. The molecule has 0 aromatic rings. The third-order valence-electron chi connectivity index (χ3n) is 0.624. The number of ether oxygens (including phenoxy) is 2. The molecule has 0 amide bonds. The SMILES string of the molecule is O=C1O[C@@H](Br)[C@@H](Br)O1. The Morgan fingerprint density at radius 2 is 1.62 bits per heavy atom. The second-order valence-electron chi connectivity index (χ2n) is 1.19. The van der Waals surface area contributed by atoms with Crippen LogP contribution < -0.4 is 0 Å². The van der Waals surface area contributed by atoms with Crippen LogP contribution in [0.25, 0.3) is 0 Å². The van der Waals surface area contributed by atoms with Crippen LogP contribution in [0.1, 0.15) is 0 Å². The lowest BCUT2D eigenvalue weighted by Crippen LogP contribution is -2.05. The fourth-order valence-corrected chi connectivity index (χ4v) is 0.840. The zero-order chi connectivity index (χ0) is 6.15. The molecule has 0 aliphatic carbocycles. The maximum Gasteiger partial charge on any atom is 0.510 e. The van der Waals surface area contributed by atoms with Crippen LogP contribution in [-0.2, 0) is 9.47 Å². The number of carbonyl (C=O) groups excluding carboxylic acids is 1. The van der Waals surface area contributed by atoms with Crippen molar-refractivity contribution in [2.75, 3.05) is 0 Å². The molecule has 0 unspecified atom stereocenters. The quantitative estimate of drug-likeness (QED) is 0.481. The summed E-state index contributed by atoms with van der Waals surface area (Å²) in [6, 6.07) is 0. The normalized spacial score (nSPS) is 36.5. The summed E-state index contributed by atoms with van der Waals surface area (Å²) in [5.41, 5.74) is 0. The molecule has 0 spiro atoms. The molecule has 1 heterocycles. The highest BCUT2D eigenvalue weighted by Gasteiger charge is 2.31. The van der Waals surface area contributed by atoms with Gasteiger partial charge in [0.15, 0.2) is 0 Å². The van der Waals surface area contributed by atoms with Crippen molar-refractivity contribution < 1.29 is 14.3 Å². The highest BCUT2D eigenvalue weighted by atomic mass is 79.9. The topological polar surface area (TPSA) is 35.5 Å². The molecular formula is C3H2Br2O3. The molecule has 46 valence electrons. The Bertz CT molecular complexity index is 103. The number of alkyl halides is 2. The minimum Gasteiger partial charge on any atom is -0.414 e. The first-order chi connectivity index (χ1) is 3.70. The van der Waals surface area contributed by atoms with Gasteiger partial charge in [-0.3, -0.25) is 0 Å². The maximum absolute atomic E-state index is 10.2. The molecule has 1 rings (SSSR count). The molecular weight excluding hydrogens is 244 g/mol. The van der Waals surface area contributed by atoms with E-state index >= 15 is 0 Å². The van der Waals surface area contributed by atoms with Gasteiger partial charge in [0.05, 0.1) is 0 Å². The van der Waals surface area contributed by atoms with Crippen LogP contribution in [0, 0.1) is 0 Å². The highest BCUT2D eigenvalue weighted by molar-refractivity contribution is 9.12. The first-order valence-electron chi connectivity index (χ1n) is 1.85. The van der Waals surface area contributed by atoms with E-state index in [1.807, 2.05) is 0 Å². The average molecular weight is 246 g/mol. The van der Waals surface area contributed by atoms with Crippen LogP contribution in [0.4, 0.5) is 4.79 Å². The molecule has 0 bridgehead atoms. The Balaban J connectivity index is 2.51. The second-order valence-corrected chi connectivity index (χ2v) is 2.99. The lowest BCUT2D eigenvalue weighted by molar-refractivity contribution is 0.128. The van der Waals surface area contributed by atoms with Crippen molar-refractivity contribution in [3.05, 3.63) is 0 Å². The van der Waals surface area contributed by atoms with Crippen molar-refractivity contribution in [2.45, 2.75) is 10.0 Å². The van der Waals surface area contributed by atoms with Gasteiger partial charge in [-0.05, 0) is 31.9 Å². The molecule has 1 saturated heterocycles. The summed E-state index contributed by atoms with van der Waals surface area (Å²) in [7, 11) is 0. The molecule has 0 aromatic carbocycles. The van der Waals surface area contributed by atoms with Gasteiger partial charge in [0.1, 0.15) is 0 Å². The first kappa shape index (κ1) is 6.35. The second kappa shape index (κ2) is 2.23. The van der Waals surface area contributed by atoms with E-state index in [-0.39, 0.29) is 10.0 Å². The van der Waals surface area contributed by atoms with Gasteiger partial charge in [0, 0.05) is 0 Å². The highest BCUT2D eigenvalue weighted by Crippen LogP contribution is 2.24. The molecule has 5 heteroatoms. The zero-order valence-electron chi connectivity index (χ0n) is 3.64. The van der Waals surface area contributed by atoms with Crippen molar-refractivity contribution in [2.24, 2.45) is 0 Å². The lowest BCUT2D eigenvalue weighted by atomic mass is 10.8. The molecule has 0 saturated carbocycles. The van der Waals surface area contributed by atoms with E-state index in [1.165, 1.54) is 0 Å². The third kappa shape index (κ3) is 1.14. The molecule has 2 atom stereocenters. The molecule has 0 radical (unpaired) electrons. The van der Waals surface area contributed by atoms with Gasteiger partial charge in [-0.25, -0.2) is 4.79 Å². The minimum absolute atomic E-state index is 0.352. The summed E-state index contributed by atoms with van der Waals surface area (Å²) >= 11 is 6.06. The molecule has 1 fully saturated rings. The molecule has 1 aliphatic rings. The van der Waals surface area contributed by atoms with Gasteiger partial charge in [-0.1, -0.05) is 0 Å². The van der Waals surface area contributed by atoms with Crippen LogP contribution >= 0.6 is 31.9 Å². The first-order valence-corrected chi connectivity index (χ1v) is 3.68. The van der Waals surface area contributed by atoms with Gasteiger partial charge in [-0.15, -0.1) is 0 Å². The number of carbonyl (C=O) groups is 1. The van der Waals surface area contributed by atoms with Crippen LogP contribution in [0.5, 0.6) is 0 Å². The van der Waals surface area contributed by atoms with E-state index in [4.69, 9.17) is 0 Å². The number of cyclic esters (lactones) is 2. The van der Waals surface area contributed by atoms with Crippen LogP contribution in [-0.4, -0.2) is 16.2 Å². The molecule has 0 aromatic heterocycles. The zero-order valence-corrected chi connectivity index (χ0v) is 6.81. The summed E-state index contributed by atoms with van der Waals surface area (Å²) in [5, 5.41) is -0.704.